The highest BCUT2D eigenvalue weighted by Gasteiger charge is 2.10. The van der Waals surface area contributed by atoms with Crippen LogP contribution < -0.4 is 11.1 Å². The zero-order chi connectivity index (χ0) is 13.8. The van der Waals surface area contributed by atoms with Gasteiger partial charge in [-0.05, 0) is 12.1 Å². The summed E-state index contributed by atoms with van der Waals surface area (Å²) in [5.41, 5.74) is 5.80. The van der Waals surface area contributed by atoms with Gasteiger partial charge >= 0.3 is 0 Å². The van der Waals surface area contributed by atoms with E-state index in [0.717, 1.165) is 0 Å². The highest BCUT2D eigenvalue weighted by molar-refractivity contribution is 7.84. The average Bonchev–Trinajstić information content (AvgIpc) is 2.38. The Balaban J connectivity index is 2.40. The van der Waals surface area contributed by atoms with Crippen LogP contribution in [0.5, 0.6) is 0 Å². The molecule has 3 N–H and O–H groups in total. The van der Waals surface area contributed by atoms with Crippen LogP contribution in [0.3, 0.4) is 0 Å². The molecule has 0 spiro atoms. The third-order valence-corrected chi connectivity index (χ3v) is 2.87. The molecule has 2 rings (SSSR count). The van der Waals surface area contributed by atoms with Crippen LogP contribution in [0, 0.1) is 11.3 Å². The number of nitrogens with zero attached hydrogens (tertiary/aromatic N) is 4. The van der Waals surface area contributed by atoms with E-state index in [-0.39, 0.29) is 16.5 Å². The Kier molecular flexibility index (Phi) is 3.68. The van der Waals surface area contributed by atoms with Crippen molar-refractivity contribution >= 4 is 28.3 Å². The van der Waals surface area contributed by atoms with E-state index in [1.54, 1.807) is 18.2 Å². The fourth-order valence-electron chi connectivity index (χ4n) is 1.32. The molecule has 0 fully saturated rings. The minimum absolute atomic E-state index is 0.144. The van der Waals surface area contributed by atoms with Crippen molar-refractivity contribution in [2.75, 3.05) is 17.3 Å². The van der Waals surface area contributed by atoms with Crippen LogP contribution in [-0.2, 0) is 10.8 Å². The van der Waals surface area contributed by atoms with Gasteiger partial charge in [-0.1, -0.05) is 6.07 Å². The summed E-state index contributed by atoms with van der Waals surface area (Å²) in [7, 11) is -1.33. The SMILES string of the molecule is CS(=O)c1ncc(C#N)c(Nc2cccc(N)n2)n1. The largest absolute Gasteiger partial charge is 0.384 e. The monoisotopic (exact) mass is 274 g/mol. The number of nitrogens with two attached hydrogens (primary N) is 1. The molecule has 8 heteroatoms. The lowest BCUT2D eigenvalue weighted by molar-refractivity contribution is 0.679. The van der Waals surface area contributed by atoms with Gasteiger partial charge in [-0.25, -0.2) is 15.0 Å². The Morgan fingerprint density at radius 2 is 2.21 bits per heavy atom. The predicted molar refractivity (Wildman–Crippen MR) is 71.0 cm³/mol. The molecule has 1 atom stereocenters. The normalized spacial score (nSPS) is 11.6. The van der Waals surface area contributed by atoms with Gasteiger partial charge in [0.25, 0.3) is 0 Å². The quantitative estimate of drug-likeness (QED) is 0.795. The second-order valence-electron chi connectivity index (χ2n) is 3.55. The zero-order valence-corrected chi connectivity index (χ0v) is 10.8. The Hall–Kier alpha value is -2.53. The molecule has 0 saturated carbocycles. The Labute approximate surface area is 112 Å². The minimum atomic E-state index is -1.33. The van der Waals surface area contributed by atoms with E-state index in [9.17, 15) is 4.21 Å². The summed E-state index contributed by atoms with van der Waals surface area (Å²) in [5.74, 6) is 1.04. The van der Waals surface area contributed by atoms with Crippen LogP contribution in [0.4, 0.5) is 17.5 Å². The number of hydrogen-bond acceptors (Lipinski definition) is 7. The molecular weight excluding hydrogens is 264 g/mol. The molecule has 0 aliphatic carbocycles. The molecule has 7 nitrogen and oxygen atoms in total. The van der Waals surface area contributed by atoms with E-state index in [4.69, 9.17) is 11.0 Å². The van der Waals surface area contributed by atoms with Crippen LogP contribution in [0.15, 0.2) is 29.6 Å². The first-order valence-electron chi connectivity index (χ1n) is 5.20. The number of nitrogen functional groups attached to an aromatic ring is 1. The Bertz CT molecular complexity index is 681. The van der Waals surface area contributed by atoms with E-state index in [2.05, 4.69) is 20.3 Å². The van der Waals surface area contributed by atoms with Crippen molar-refractivity contribution in [1.29, 1.82) is 5.26 Å². The smallest absolute Gasteiger partial charge is 0.220 e. The number of anilines is 3. The van der Waals surface area contributed by atoms with Crippen LogP contribution in [-0.4, -0.2) is 25.4 Å². The molecule has 0 aliphatic rings. The maximum atomic E-state index is 11.3. The van der Waals surface area contributed by atoms with Gasteiger partial charge in [0.05, 0.1) is 17.0 Å². The van der Waals surface area contributed by atoms with E-state index in [1.165, 1.54) is 12.5 Å². The van der Waals surface area contributed by atoms with Crippen LogP contribution in [0.1, 0.15) is 5.56 Å². The third-order valence-electron chi connectivity index (χ3n) is 2.16. The van der Waals surface area contributed by atoms with Crippen LogP contribution in [0.25, 0.3) is 0 Å². The zero-order valence-electron chi connectivity index (χ0n) is 9.99. The molecule has 1 unspecified atom stereocenters. The summed E-state index contributed by atoms with van der Waals surface area (Å²) in [6, 6.07) is 6.99. The number of hydrogen-bond donors (Lipinski definition) is 2. The summed E-state index contributed by atoms with van der Waals surface area (Å²) in [5, 5.41) is 12.0. The van der Waals surface area contributed by atoms with Crippen LogP contribution >= 0.6 is 0 Å². The second-order valence-corrected chi connectivity index (χ2v) is 4.83. The molecule has 0 radical (unpaired) electrons. The lowest BCUT2D eigenvalue weighted by Crippen LogP contribution is -2.05. The van der Waals surface area contributed by atoms with Gasteiger partial charge in [0.1, 0.15) is 23.3 Å². The van der Waals surface area contributed by atoms with Gasteiger partial charge in [0, 0.05) is 6.26 Å². The molecule has 0 amide bonds. The highest BCUT2D eigenvalue weighted by Crippen LogP contribution is 2.17. The fraction of sp³-hybridized carbons (Fsp3) is 0.0909. The maximum absolute atomic E-state index is 11.3. The van der Waals surface area contributed by atoms with E-state index in [0.29, 0.717) is 11.6 Å². The van der Waals surface area contributed by atoms with Crippen molar-refractivity contribution in [3.63, 3.8) is 0 Å². The molecule has 19 heavy (non-hydrogen) atoms. The molecule has 0 aromatic carbocycles. The Morgan fingerprint density at radius 1 is 1.42 bits per heavy atom. The molecule has 0 saturated heterocycles. The van der Waals surface area contributed by atoms with Crippen molar-refractivity contribution in [2.24, 2.45) is 0 Å². The summed E-state index contributed by atoms with van der Waals surface area (Å²) < 4.78 is 11.3. The first-order valence-corrected chi connectivity index (χ1v) is 6.76. The molecular formula is C11H10N6OS. The fourth-order valence-corrected chi connectivity index (χ4v) is 1.74. The van der Waals surface area contributed by atoms with Crippen molar-refractivity contribution in [1.82, 2.24) is 15.0 Å². The third kappa shape index (κ3) is 3.02. The molecule has 2 aromatic heterocycles. The van der Waals surface area contributed by atoms with E-state index >= 15 is 0 Å². The lowest BCUT2D eigenvalue weighted by atomic mass is 10.3. The van der Waals surface area contributed by atoms with Crippen molar-refractivity contribution < 1.29 is 4.21 Å². The Morgan fingerprint density at radius 3 is 2.84 bits per heavy atom. The average molecular weight is 274 g/mol. The summed E-state index contributed by atoms with van der Waals surface area (Å²) in [6.45, 7) is 0. The van der Waals surface area contributed by atoms with E-state index in [1.807, 2.05) is 6.07 Å². The van der Waals surface area contributed by atoms with Gasteiger partial charge in [-0.2, -0.15) is 5.26 Å². The van der Waals surface area contributed by atoms with Crippen molar-refractivity contribution in [2.45, 2.75) is 5.16 Å². The van der Waals surface area contributed by atoms with Gasteiger partial charge in [0.2, 0.25) is 5.16 Å². The van der Waals surface area contributed by atoms with Gasteiger partial charge in [-0.15, -0.1) is 0 Å². The summed E-state index contributed by atoms with van der Waals surface area (Å²) >= 11 is 0. The molecule has 0 bridgehead atoms. The van der Waals surface area contributed by atoms with E-state index < -0.39 is 10.8 Å². The van der Waals surface area contributed by atoms with Crippen molar-refractivity contribution in [3.8, 4) is 6.07 Å². The number of aromatic nitrogens is 3. The number of pyridine rings is 1. The molecule has 2 aromatic rings. The first-order chi connectivity index (χ1) is 9.10. The van der Waals surface area contributed by atoms with Gasteiger partial charge < -0.3 is 11.1 Å². The molecule has 0 aliphatic heterocycles. The summed E-state index contributed by atoms with van der Waals surface area (Å²) in [6.07, 6.45) is 2.78. The predicted octanol–water partition coefficient (Wildman–Crippen LogP) is 0.806. The summed E-state index contributed by atoms with van der Waals surface area (Å²) in [4.78, 5) is 11.9. The molecule has 2 heterocycles. The van der Waals surface area contributed by atoms with Crippen molar-refractivity contribution in [3.05, 3.63) is 30.0 Å². The standard InChI is InChI=1S/C11H10N6OS/c1-19(18)11-14-6-7(5-12)10(17-11)16-9-4-2-3-8(13)15-9/h2-4,6H,1H3,(H3,13,14,15,16,17). The van der Waals surface area contributed by atoms with Gasteiger partial charge in [0.15, 0.2) is 5.82 Å². The number of nitrogens with one attached hydrogen (secondary N) is 1. The van der Waals surface area contributed by atoms with Crippen LogP contribution in [0.2, 0.25) is 0 Å². The number of nitriles is 1. The molecule has 96 valence electrons. The lowest BCUT2D eigenvalue weighted by Gasteiger charge is -2.07. The van der Waals surface area contributed by atoms with Gasteiger partial charge in [-0.3, -0.25) is 4.21 Å². The number of rotatable bonds is 3. The minimum Gasteiger partial charge on any atom is -0.384 e. The first kappa shape index (κ1) is 12.9. The second kappa shape index (κ2) is 5.41. The highest BCUT2D eigenvalue weighted by atomic mass is 32.2. The maximum Gasteiger partial charge on any atom is 0.220 e. The topological polar surface area (TPSA) is 118 Å².